The topological polar surface area (TPSA) is 60.0 Å². The second kappa shape index (κ2) is 12.6. The van der Waals surface area contributed by atoms with E-state index in [0.29, 0.717) is 25.5 Å². The molecule has 0 aliphatic heterocycles. The number of hydrogen-bond acceptors (Lipinski definition) is 5. The van der Waals surface area contributed by atoms with Crippen LogP contribution in [-0.4, -0.2) is 51.8 Å². The van der Waals surface area contributed by atoms with E-state index in [0.717, 1.165) is 29.0 Å². The average molecular weight is 427 g/mol. The van der Waals surface area contributed by atoms with E-state index in [4.69, 9.17) is 14.2 Å². The fraction of sp³-hybridized carbons (Fsp3) is 0.400. The fourth-order valence-electron chi connectivity index (χ4n) is 3.10. The molecule has 0 fully saturated rings. The predicted octanol–water partition coefficient (Wildman–Crippen LogP) is 4.32. The van der Waals surface area contributed by atoms with E-state index in [9.17, 15) is 4.79 Å². The van der Waals surface area contributed by atoms with E-state index < -0.39 is 0 Å². The first kappa shape index (κ1) is 24.3. The van der Waals surface area contributed by atoms with Crippen molar-refractivity contribution < 1.29 is 19.0 Å². The van der Waals surface area contributed by atoms with E-state index in [1.807, 2.05) is 63.5 Å². The van der Waals surface area contributed by atoms with Gasteiger partial charge in [-0.15, -0.1) is 0 Å². The van der Waals surface area contributed by atoms with Gasteiger partial charge in [0.15, 0.2) is 11.5 Å². The number of benzene rings is 2. The molecule has 0 radical (unpaired) electrons. The van der Waals surface area contributed by atoms with Crippen LogP contribution in [0.25, 0.3) is 6.08 Å². The molecule has 0 bridgehead atoms. The van der Waals surface area contributed by atoms with Crippen LogP contribution in [0.3, 0.4) is 0 Å². The third-order valence-corrected chi connectivity index (χ3v) is 4.73. The molecule has 0 heterocycles. The highest BCUT2D eigenvalue weighted by atomic mass is 16.5. The Bertz CT molecular complexity index is 864. The Morgan fingerprint density at radius 1 is 1.10 bits per heavy atom. The highest BCUT2D eigenvalue weighted by Crippen LogP contribution is 2.29. The van der Waals surface area contributed by atoms with Gasteiger partial charge < -0.3 is 24.4 Å². The Kier molecular flexibility index (Phi) is 9.91. The maximum absolute atomic E-state index is 12.4. The van der Waals surface area contributed by atoms with Gasteiger partial charge in [-0.05, 0) is 68.9 Å². The van der Waals surface area contributed by atoms with Crippen LogP contribution in [0.1, 0.15) is 37.4 Å². The van der Waals surface area contributed by atoms with E-state index in [1.165, 1.54) is 6.08 Å². The predicted molar refractivity (Wildman–Crippen MR) is 125 cm³/mol. The van der Waals surface area contributed by atoms with E-state index in [1.54, 1.807) is 13.2 Å². The summed E-state index contributed by atoms with van der Waals surface area (Å²) in [7, 11) is 5.63. The maximum atomic E-state index is 12.4. The van der Waals surface area contributed by atoms with Gasteiger partial charge in [0.05, 0.1) is 26.4 Å². The largest absolute Gasteiger partial charge is 0.497 e. The number of rotatable bonds is 12. The quantitative estimate of drug-likeness (QED) is 0.513. The van der Waals surface area contributed by atoms with Crippen molar-refractivity contribution in [3.05, 3.63) is 59.7 Å². The lowest BCUT2D eigenvalue weighted by Crippen LogP contribution is -2.33. The van der Waals surface area contributed by atoms with Crippen molar-refractivity contribution in [1.82, 2.24) is 10.2 Å². The minimum Gasteiger partial charge on any atom is -0.497 e. The average Bonchev–Trinajstić information content (AvgIpc) is 2.77. The monoisotopic (exact) mass is 426 g/mol. The molecule has 0 saturated carbocycles. The van der Waals surface area contributed by atoms with Gasteiger partial charge in [-0.1, -0.05) is 25.1 Å². The number of carbonyl (C=O) groups excluding carboxylic acids is 1. The summed E-state index contributed by atoms with van der Waals surface area (Å²) in [5.41, 5.74) is 1.96. The summed E-state index contributed by atoms with van der Waals surface area (Å²) in [6.45, 7) is 5.66. The Morgan fingerprint density at radius 3 is 2.58 bits per heavy atom. The number of nitrogens with one attached hydrogen (secondary N) is 1. The summed E-state index contributed by atoms with van der Waals surface area (Å²) < 4.78 is 16.7. The zero-order valence-electron chi connectivity index (χ0n) is 19.2. The molecule has 1 atom stereocenters. The van der Waals surface area contributed by atoms with Crippen LogP contribution in [0, 0.1) is 0 Å². The SMILES string of the molecule is CCCOc1ccc(/C=C/C(=O)NCC(c2cccc(OC)c2)N(C)C)cc1OCC. The highest BCUT2D eigenvalue weighted by molar-refractivity contribution is 5.91. The van der Waals surface area contributed by atoms with Gasteiger partial charge in [0.1, 0.15) is 5.75 Å². The van der Waals surface area contributed by atoms with E-state index >= 15 is 0 Å². The third-order valence-electron chi connectivity index (χ3n) is 4.73. The van der Waals surface area contributed by atoms with Crippen LogP contribution in [0.15, 0.2) is 48.5 Å². The molecule has 1 unspecified atom stereocenters. The summed E-state index contributed by atoms with van der Waals surface area (Å²) >= 11 is 0. The Labute approximate surface area is 185 Å². The number of nitrogens with zero attached hydrogens (tertiary/aromatic N) is 1. The van der Waals surface area contributed by atoms with Gasteiger partial charge >= 0.3 is 0 Å². The van der Waals surface area contributed by atoms with Crippen molar-refractivity contribution in [2.24, 2.45) is 0 Å². The standard InChI is InChI=1S/C25H34N2O4/c1-6-15-31-23-13-11-19(16-24(23)30-7-2)12-14-25(28)26-18-22(27(3)4)20-9-8-10-21(17-20)29-5/h8-14,16-17,22H,6-7,15,18H2,1-5H3,(H,26,28)/b14-12+. The minimum atomic E-state index is -0.154. The lowest BCUT2D eigenvalue weighted by atomic mass is 10.1. The molecule has 168 valence electrons. The highest BCUT2D eigenvalue weighted by Gasteiger charge is 2.15. The number of hydrogen-bond donors (Lipinski definition) is 1. The summed E-state index contributed by atoms with van der Waals surface area (Å²) in [6.07, 6.45) is 4.24. The molecule has 0 aromatic heterocycles. The lowest BCUT2D eigenvalue weighted by molar-refractivity contribution is -0.116. The normalized spacial score (nSPS) is 12.1. The molecule has 0 aliphatic rings. The van der Waals surface area contributed by atoms with Crippen LogP contribution >= 0.6 is 0 Å². The number of ether oxygens (including phenoxy) is 3. The van der Waals surface area contributed by atoms with Crippen molar-refractivity contribution in [2.75, 3.05) is 41.0 Å². The van der Waals surface area contributed by atoms with Gasteiger partial charge in [0, 0.05) is 12.6 Å². The van der Waals surface area contributed by atoms with Crippen molar-refractivity contribution in [1.29, 1.82) is 0 Å². The molecule has 2 aromatic rings. The molecular weight excluding hydrogens is 392 g/mol. The van der Waals surface area contributed by atoms with Gasteiger partial charge in [0.25, 0.3) is 0 Å². The van der Waals surface area contributed by atoms with Crippen molar-refractivity contribution in [3.8, 4) is 17.2 Å². The first-order chi connectivity index (χ1) is 15.0. The molecule has 6 heteroatoms. The first-order valence-corrected chi connectivity index (χ1v) is 10.6. The second-order valence-corrected chi connectivity index (χ2v) is 7.32. The Balaban J connectivity index is 2.02. The van der Waals surface area contributed by atoms with Gasteiger partial charge in [-0.25, -0.2) is 0 Å². The fourth-order valence-corrected chi connectivity index (χ4v) is 3.10. The van der Waals surface area contributed by atoms with Crippen LogP contribution in [-0.2, 0) is 4.79 Å². The number of likely N-dealkylation sites (N-methyl/N-ethyl adjacent to an activating group) is 1. The van der Waals surface area contributed by atoms with Crippen molar-refractivity contribution in [3.63, 3.8) is 0 Å². The molecule has 0 aliphatic carbocycles. The van der Waals surface area contributed by atoms with Crippen LogP contribution in [0.2, 0.25) is 0 Å². The minimum absolute atomic E-state index is 0.0343. The molecular formula is C25H34N2O4. The van der Waals surface area contributed by atoms with E-state index in [2.05, 4.69) is 17.1 Å². The molecule has 1 amide bonds. The molecule has 0 spiro atoms. The number of carbonyl (C=O) groups is 1. The number of amides is 1. The second-order valence-electron chi connectivity index (χ2n) is 7.32. The third kappa shape index (κ3) is 7.64. The molecule has 2 rings (SSSR count). The van der Waals surface area contributed by atoms with Crippen LogP contribution < -0.4 is 19.5 Å². The van der Waals surface area contributed by atoms with Gasteiger partial charge in [0.2, 0.25) is 5.91 Å². The molecule has 31 heavy (non-hydrogen) atoms. The first-order valence-electron chi connectivity index (χ1n) is 10.6. The number of methoxy groups -OCH3 is 1. The Hall–Kier alpha value is -2.99. The zero-order chi connectivity index (χ0) is 22.6. The van der Waals surface area contributed by atoms with Gasteiger partial charge in [-0.2, -0.15) is 0 Å². The van der Waals surface area contributed by atoms with Gasteiger partial charge in [-0.3, -0.25) is 4.79 Å². The smallest absolute Gasteiger partial charge is 0.244 e. The maximum Gasteiger partial charge on any atom is 0.244 e. The molecule has 0 saturated heterocycles. The lowest BCUT2D eigenvalue weighted by Gasteiger charge is -2.25. The van der Waals surface area contributed by atoms with Crippen molar-refractivity contribution in [2.45, 2.75) is 26.3 Å². The summed E-state index contributed by atoms with van der Waals surface area (Å²) in [5.74, 6) is 2.05. The molecule has 1 N–H and O–H groups in total. The van der Waals surface area contributed by atoms with Crippen LogP contribution in [0.5, 0.6) is 17.2 Å². The summed E-state index contributed by atoms with van der Waals surface area (Å²) in [6, 6.07) is 13.6. The Morgan fingerprint density at radius 2 is 1.90 bits per heavy atom. The van der Waals surface area contributed by atoms with Crippen molar-refractivity contribution >= 4 is 12.0 Å². The molecule has 6 nitrogen and oxygen atoms in total. The molecule has 2 aromatic carbocycles. The summed E-state index contributed by atoms with van der Waals surface area (Å²) in [4.78, 5) is 14.5. The zero-order valence-corrected chi connectivity index (χ0v) is 19.2. The van der Waals surface area contributed by atoms with E-state index in [-0.39, 0.29) is 11.9 Å². The van der Waals surface area contributed by atoms with Crippen LogP contribution in [0.4, 0.5) is 0 Å². The summed E-state index contributed by atoms with van der Waals surface area (Å²) in [5, 5.41) is 2.99.